The molecule has 0 aliphatic rings. The van der Waals surface area contributed by atoms with Crippen LogP contribution in [0.3, 0.4) is 0 Å². The topological polar surface area (TPSA) is 92.6 Å². The number of carbonyl (C=O) groups excluding carboxylic acids is 1. The fourth-order valence-electron chi connectivity index (χ4n) is 1.89. The number of nitriles is 1. The van der Waals surface area contributed by atoms with Gasteiger partial charge in [0.2, 0.25) is 5.91 Å². The van der Waals surface area contributed by atoms with E-state index in [9.17, 15) is 4.79 Å². The number of hydrogen-bond acceptors (Lipinski definition) is 7. The van der Waals surface area contributed by atoms with Crippen LogP contribution < -0.4 is 10.6 Å². The van der Waals surface area contributed by atoms with Crippen LogP contribution in [0.2, 0.25) is 0 Å². The normalized spacial score (nSPS) is 11.5. The number of rotatable bonds is 16. The van der Waals surface area contributed by atoms with E-state index in [0.717, 1.165) is 31.1 Å². The molecule has 1 amide bonds. The molecule has 0 spiro atoms. The minimum absolute atomic E-state index is 0.0679. The van der Waals surface area contributed by atoms with Gasteiger partial charge >= 0.3 is 0 Å². The van der Waals surface area contributed by atoms with Crippen molar-refractivity contribution < 1.29 is 19.0 Å². The van der Waals surface area contributed by atoms with Crippen molar-refractivity contribution in [3.05, 3.63) is 0 Å². The Labute approximate surface area is 167 Å². The zero-order valence-electron chi connectivity index (χ0n) is 16.7. The predicted octanol–water partition coefficient (Wildman–Crippen LogP) is 1.74. The summed E-state index contributed by atoms with van der Waals surface area (Å²) in [5, 5.41) is 16.6. The molecule has 0 aromatic heterocycles. The molecule has 0 heterocycles. The van der Waals surface area contributed by atoms with E-state index in [4.69, 9.17) is 19.5 Å². The van der Waals surface area contributed by atoms with Crippen molar-refractivity contribution in [3.63, 3.8) is 0 Å². The van der Waals surface area contributed by atoms with Gasteiger partial charge in [-0.3, -0.25) is 4.79 Å². The van der Waals surface area contributed by atoms with Crippen LogP contribution in [0.15, 0.2) is 0 Å². The summed E-state index contributed by atoms with van der Waals surface area (Å²) in [6.45, 7) is 7.42. The zero-order valence-corrected chi connectivity index (χ0v) is 17.5. The van der Waals surface area contributed by atoms with Crippen LogP contribution in [0.25, 0.3) is 0 Å². The molecule has 1 unspecified atom stereocenters. The maximum Gasteiger partial charge on any atom is 0.223 e. The van der Waals surface area contributed by atoms with Crippen LogP contribution in [-0.4, -0.2) is 64.5 Å². The Balaban J connectivity index is 3.49. The Kier molecular flexibility index (Phi) is 18.5. The van der Waals surface area contributed by atoms with Gasteiger partial charge < -0.3 is 24.8 Å². The zero-order chi connectivity index (χ0) is 20.2. The van der Waals surface area contributed by atoms with Gasteiger partial charge in [0.1, 0.15) is 10.8 Å². The molecule has 0 aromatic rings. The van der Waals surface area contributed by atoms with Crippen LogP contribution in [0, 0.1) is 28.4 Å². The molecular weight excluding hydrogens is 366 g/mol. The van der Waals surface area contributed by atoms with Crippen molar-refractivity contribution in [1.82, 2.24) is 10.6 Å². The summed E-state index contributed by atoms with van der Waals surface area (Å²) in [5.74, 6) is 6.13. The molecule has 0 radical (unpaired) electrons. The highest BCUT2D eigenvalue weighted by Crippen LogP contribution is 2.16. The lowest BCUT2D eigenvalue weighted by atomic mass is 10.2. The average molecular weight is 400 g/mol. The molecule has 0 saturated carbocycles. The molecule has 2 N–H and O–H groups in total. The maximum atomic E-state index is 11.5. The number of amides is 1. The molecule has 0 aromatic carbocycles. The monoisotopic (exact) mass is 399 g/mol. The maximum absolute atomic E-state index is 11.5. The molecule has 0 rings (SSSR count). The number of thiocyanates is 1. The molecule has 154 valence electrons. The summed E-state index contributed by atoms with van der Waals surface area (Å²) in [6, 6.07) is 0. The SMILES string of the molecule is CNCCCC(OCCOCCOCCC(=O)NCC#CC(C)C)SC#N. The second-order valence-corrected chi connectivity index (χ2v) is 6.93. The van der Waals surface area contributed by atoms with Gasteiger partial charge in [0, 0.05) is 12.3 Å². The molecule has 0 saturated heterocycles. The van der Waals surface area contributed by atoms with Gasteiger partial charge in [-0.25, -0.2) is 0 Å². The van der Waals surface area contributed by atoms with Gasteiger partial charge in [-0.05, 0) is 38.2 Å². The van der Waals surface area contributed by atoms with Gasteiger partial charge in [0.25, 0.3) is 0 Å². The number of thioether (sulfide) groups is 1. The van der Waals surface area contributed by atoms with Crippen molar-refractivity contribution in [2.75, 3.05) is 53.2 Å². The molecule has 0 bridgehead atoms. The van der Waals surface area contributed by atoms with E-state index in [1.54, 1.807) is 0 Å². The first-order valence-electron chi connectivity index (χ1n) is 9.31. The quantitative estimate of drug-likeness (QED) is 0.177. The van der Waals surface area contributed by atoms with Gasteiger partial charge in [-0.2, -0.15) is 5.26 Å². The number of carbonyl (C=O) groups is 1. The molecule has 27 heavy (non-hydrogen) atoms. The number of nitrogens with zero attached hydrogens (tertiary/aromatic N) is 1. The summed E-state index contributed by atoms with van der Waals surface area (Å²) in [4.78, 5) is 11.5. The third-order valence-electron chi connectivity index (χ3n) is 3.19. The van der Waals surface area contributed by atoms with E-state index in [1.165, 1.54) is 0 Å². The molecular formula is C19H33N3O4S. The summed E-state index contributed by atoms with van der Waals surface area (Å²) in [5.41, 5.74) is -0.119. The molecule has 0 fully saturated rings. The molecule has 0 aliphatic heterocycles. The van der Waals surface area contributed by atoms with E-state index >= 15 is 0 Å². The Morgan fingerprint density at radius 1 is 1.15 bits per heavy atom. The Bertz CT molecular complexity index is 472. The lowest BCUT2D eigenvalue weighted by Crippen LogP contribution is -2.25. The highest BCUT2D eigenvalue weighted by molar-refractivity contribution is 8.04. The minimum atomic E-state index is -0.119. The lowest BCUT2D eigenvalue weighted by molar-refractivity contribution is -0.122. The van der Waals surface area contributed by atoms with Gasteiger partial charge in [-0.15, -0.1) is 0 Å². The van der Waals surface area contributed by atoms with E-state index in [0.29, 0.717) is 51.9 Å². The summed E-state index contributed by atoms with van der Waals surface area (Å²) < 4.78 is 16.4. The van der Waals surface area contributed by atoms with E-state index in [1.807, 2.05) is 20.9 Å². The van der Waals surface area contributed by atoms with Crippen LogP contribution >= 0.6 is 11.8 Å². The van der Waals surface area contributed by atoms with Gasteiger partial charge in [0.05, 0.1) is 39.6 Å². The van der Waals surface area contributed by atoms with Crippen LogP contribution in [0.5, 0.6) is 0 Å². The predicted molar refractivity (Wildman–Crippen MR) is 108 cm³/mol. The van der Waals surface area contributed by atoms with Crippen molar-refractivity contribution >= 4 is 17.7 Å². The Morgan fingerprint density at radius 2 is 1.85 bits per heavy atom. The fourth-order valence-corrected chi connectivity index (χ4v) is 2.46. The van der Waals surface area contributed by atoms with Gasteiger partial charge in [0.15, 0.2) is 0 Å². The molecule has 0 aliphatic carbocycles. The van der Waals surface area contributed by atoms with Crippen molar-refractivity contribution in [3.8, 4) is 17.2 Å². The van der Waals surface area contributed by atoms with Crippen molar-refractivity contribution in [2.45, 2.75) is 38.5 Å². The number of hydrogen-bond donors (Lipinski definition) is 2. The highest BCUT2D eigenvalue weighted by Gasteiger charge is 2.09. The third kappa shape index (κ3) is 19.3. The summed E-state index contributed by atoms with van der Waals surface area (Å²) >= 11 is 1.14. The van der Waals surface area contributed by atoms with E-state index in [2.05, 4.69) is 27.9 Å². The largest absolute Gasteiger partial charge is 0.379 e. The second-order valence-electron chi connectivity index (χ2n) is 5.98. The lowest BCUT2D eigenvalue weighted by Gasteiger charge is -2.14. The molecule has 7 nitrogen and oxygen atoms in total. The summed E-state index contributed by atoms with van der Waals surface area (Å²) in [7, 11) is 1.90. The molecule has 8 heteroatoms. The van der Waals surface area contributed by atoms with Crippen LogP contribution in [0.1, 0.15) is 33.1 Å². The highest BCUT2D eigenvalue weighted by atomic mass is 32.2. The minimum Gasteiger partial charge on any atom is -0.379 e. The van der Waals surface area contributed by atoms with E-state index in [-0.39, 0.29) is 11.3 Å². The Hall–Kier alpha value is -1.29. The Morgan fingerprint density at radius 3 is 2.52 bits per heavy atom. The van der Waals surface area contributed by atoms with Crippen molar-refractivity contribution in [1.29, 1.82) is 5.26 Å². The number of nitrogens with one attached hydrogen (secondary N) is 2. The average Bonchev–Trinajstić information content (AvgIpc) is 2.63. The van der Waals surface area contributed by atoms with Crippen LogP contribution in [-0.2, 0) is 19.0 Å². The van der Waals surface area contributed by atoms with Gasteiger partial charge in [-0.1, -0.05) is 25.7 Å². The second kappa shape index (κ2) is 19.5. The smallest absolute Gasteiger partial charge is 0.223 e. The number of ether oxygens (including phenoxy) is 3. The summed E-state index contributed by atoms with van der Waals surface area (Å²) in [6.07, 6.45) is 2.10. The molecule has 1 atom stereocenters. The third-order valence-corrected chi connectivity index (χ3v) is 3.93. The first kappa shape index (κ1) is 25.7. The fraction of sp³-hybridized carbons (Fsp3) is 0.789. The van der Waals surface area contributed by atoms with Crippen molar-refractivity contribution in [2.24, 2.45) is 5.92 Å². The van der Waals surface area contributed by atoms with E-state index < -0.39 is 0 Å². The first-order chi connectivity index (χ1) is 13.1. The van der Waals surface area contributed by atoms with Crippen LogP contribution in [0.4, 0.5) is 0 Å². The first-order valence-corrected chi connectivity index (χ1v) is 10.2. The standard InChI is InChI=1S/C19H33N3O4S/c1-17(2)6-4-10-22-18(23)8-11-24-12-13-25-14-15-26-19(27-16-20)7-5-9-21-3/h17,19,21H,5,7-15H2,1-3H3,(H,22,23).